The molecule has 2 aliphatic rings. The largest absolute Gasteiger partial charge is 0.490 e. The van der Waals surface area contributed by atoms with Gasteiger partial charge in [-0.2, -0.15) is 0 Å². The second-order valence-electron chi connectivity index (χ2n) is 8.21. The Hall–Kier alpha value is -2.80. The summed E-state index contributed by atoms with van der Waals surface area (Å²) in [6.07, 6.45) is -0.514. The molecule has 2 aliphatic heterocycles. The molecule has 1 N–H and O–H groups in total. The first-order chi connectivity index (χ1) is 15.2. The Labute approximate surface area is 182 Å². The van der Waals surface area contributed by atoms with Gasteiger partial charge in [0.05, 0.1) is 0 Å². The number of rotatable bonds is 7. The van der Waals surface area contributed by atoms with E-state index in [0.29, 0.717) is 19.9 Å². The Morgan fingerprint density at radius 3 is 2.55 bits per heavy atom. The maximum absolute atomic E-state index is 10.5. The van der Waals surface area contributed by atoms with E-state index in [0.717, 1.165) is 60.7 Å². The van der Waals surface area contributed by atoms with Gasteiger partial charge in [0, 0.05) is 44.7 Å². The number of piperazine rings is 1. The van der Waals surface area contributed by atoms with Crippen molar-refractivity contribution in [2.75, 3.05) is 46.1 Å². The van der Waals surface area contributed by atoms with E-state index in [4.69, 9.17) is 14.2 Å². The van der Waals surface area contributed by atoms with Crippen LogP contribution >= 0.6 is 0 Å². The Morgan fingerprint density at radius 1 is 0.871 bits per heavy atom. The third kappa shape index (κ3) is 4.77. The normalized spacial score (nSPS) is 17.7. The van der Waals surface area contributed by atoms with E-state index in [9.17, 15) is 5.11 Å². The topological polar surface area (TPSA) is 54.4 Å². The third-order valence-corrected chi connectivity index (χ3v) is 5.96. The maximum Gasteiger partial charge on any atom is 0.231 e. The molecule has 5 rings (SSSR count). The molecule has 1 saturated heterocycles. The predicted octanol–water partition coefficient (Wildman–Crippen LogP) is 3.13. The molecule has 1 fully saturated rings. The van der Waals surface area contributed by atoms with Crippen LogP contribution in [-0.4, -0.2) is 67.1 Å². The van der Waals surface area contributed by atoms with Crippen LogP contribution in [0.2, 0.25) is 0 Å². The van der Waals surface area contributed by atoms with Crippen LogP contribution in [0, 0.1) is 0 Å². The summed E-state index contributed by atoms with van der Waals surface area (Å²) in [5.74, 6) is 2.49. The Balaban J connectivity index is 1.08. The van der Waals surface area contributed by atoms with Gasteiger partial charge in [0.1, 0.15) is 18.5 Å². The number of fused-ring (bicyclic) bond motifs is 2. The van der Waals surface area contributed by atoms with E-state index < -0.39 is 6.10 Å². The van der Waals surface area contributed by atoms with Crippen molar-refractivity contribution in [2.24, 2.45) is 0 Å². The molecule has 0 aliphatic carbocycles. The highest BCUT2D eigenvalue weighted by atomic mass is 16.7. The van der Waals surface area contributed by atoms with Gasteiger partial charge in [-0.3, -0.25) is 9.80 Å². The van der Waals surface area contributed by atoms with Crippen LogP contribution in [0.5, 0.6) is 17.2 Å². The zero-order valence-corrected chi connectivity index (χ0v) is 17.6. The van der Waals surface area contributed by atoms with E-state index in [2.05, 4.69) is 40.1 Å². The standard InChI is InChI=1S/C25H28N2O4/c28-21(17-29-23-7-3-5-20-4-1-2-6-22(20)23)16-27-12-10-26(11-13-27)15-19-8-9-24-25(14-19)31-18-30-24/h1-9,14,21,28H,10-13,15-18H2/t21-/m1/s1. The molecule has 0 aromatic heterocycles. The second kappa shape index (κ2) is 9.14. The summed E-state index contributed by atoms with van der Waals surface area (Å²) < 4.78 is 16.8. The molecule has 3 aromatic rings. The monoisotopic (exact) mass is 420 g/mol. The summed E-state index contributed by atoms with van der Waals surface area (Å²) in [4.78, 5) is 4.75. The fraction of sp³-hybridized carbons (Fsp3) is 0.360. The molecular weight excluding hydrogens is 392 g/mol. The molecule has 0 unspecified atom stereocenters. The van der Waals surface area contributed by atoms with Gasteiger partial charge in [-0.1, -0.05) is 42.5 Å². The van der Waals surface area contributed by atoms with Crippen molar-refractivity contribution >= 4 is 10.8 Å². The van der Waals surface area contributed by atoms with Gasteiger partial charge in [-0.05, 0) is 29.1 Å². The van der Waals surface area contributed by atoms with Crippen LogP contribution in [-0.2, 0) is 6.54 Å². The minimum atomic E-state index is -0.514. The zero-order chi connectivity index (χ0) is 21.0. The van der Waals surface area contributed by atoms with Gasteiger partial charge in [0.15, 0.2) is 11.5 Å². The van der Waals surface area contributed by atoms with E-state index in [-0.39, 0.29) is 0 Å². The number of β-amino-alcohol motifs (C(OH)–C–C–N with tert-alkyl or cyclic N) is 1. The van der Waals surface area contributed by atoms with Crippen LogP contribution in [0.4, 0.5) is 0 Å². The Kier molecular flexibility index (Phi) is 5.93. The predicted molar refractivity (Wildman–Crippen MR) is 120 cm³/mol. The van der Waals surface area contributed by atoms with Gasteiger partial charge >= 0.3 is 0 Å². The van der Waals surface area contributed by atoms with Gasteiger partial charge < -0.3 is 19.3 Å². The summed E-state index contributed by atoms with van der Waals surface area (Å²) in [5, 5.41) is 12.7. The SMILES string of the molecule is O[C@@H](COc1cccc2ccccc12)CN1CCN(Cc2ccc3c(c2)OCO3)CC1. The van der Waals surface area contributed by atoms with Crippen molar-refractivity contribution in [3.8, 4) is 17.2 Å². The number of ether oxygens (including phenoxy) is 3. The average molecular weight is 421 g/mol. The van der Waals surface area contributed by atoms with Gasteiger partial charge in [0.25, 0.3) is 0 Å². The molecule has 2 heterocycles. The van der Waals surface area contributed by atoms with E-state index >= 15 is 0 Å². The fourth-order valence-electron chi connectivity index (χ4n) is 4.29. The minimum absolute atomic E-state index is 0.297. The lowest BCUT2D eigenvalue weighted by atomic mass is 10.1. The first kappa shape index (κ1) is 20.1. The number of benzene rings is 3. The van der Waals surface area contributed by atoms with Gasteiger partial charge in [-0.25, -0.2) is 0 Å². The first-order valence-corrected chi connectivity index (χ1v) is 10.9. The highest BCUT2D eigenvalue weighted by Crippen LogP contribution is 2.33. The highest BCUT2D eigenvalue weighted by molar-refractivity contribution is 5.88. The first-order valence-electron chi connectivity index (χ1n) is 10.9. The molecule has 162 valence electrons. The van der Waals surface area contributed by atoms with Crippen molar-refractivity contribution in [2.45, 2.75) is 12.6 Å². The molecule has 0 spiro atoms. The van der Waals surface area contributed by atoms with E-state index in [1.54, 1.807) is 0 Å². The maximum atomic E-state index is 10.5. The highest BCUT2D eigenvalue weighted by Gasteiger charge is 2.21. The molecular formula is C25H28N2O4. The molecule has 1 atom stereocenters. The van der Waals surface area contributed by atoms with Crippen LogP contribution in [0.1, 0.15) is 5.56 Å². The van der Waals surface area contributed by atoms with E-state index in [1.165, 1.54) is 5.56 Å². The number of aliphatic hydroxyl groups excluding tert-OH is 1. The molecule has 0 radical (unpaired) electrons. The van der Waals surface area contributed by atoms with E-state index in [1.807, 2.05) is 30.3 Å². The Bertz CT molecular complexity index is 1030. The quantitative estimate of drug-likeness (QED) is 0.634. The number of hydrogen-bond donors (Lipinski definition) is 1. The molecule has 0 bridgehead atoms. The lowest BCUT2D eigenvalue weighted by Gasteiger charge is -2.35. The van der Waals surface area contributed by atoms with Crippen LogP contribution in [0.25, 0.3) is 10.8 Å². The van der Waals surface area contributed by atoms with Crippen molar-refractivity contribution in [3.63, 3.8) is 0 Å². The lowest BCUT2D eigenvalue weighted by Crippen LogP contribution is -2.48. The number of hydrogen-bond acceptors (Lipinski definition) is 6. The molecule has 6 nitrogen and oxygen atoms in total. The summed E-state index contributed by atoms with van der Waals surface area (Å²) >= 11 is 0. The lowest BCUT2D eigenvalue weighted by molar-refractivity contribution is 0.0449. The van der Waals surface area contributed by atoms with Crippen molar-refractivity contribution in [3.05, 3.63) is 66.2 Å². The van der Waals surface area contributed by atoms with Crippen LogP contribution in [0.3, 0.4) is 0 Å². The van der Waals surface area contributed by atoms with Crippen LogP contribution < -0.4 is 14.2 Å². The molecule has 3 aromatic carbocycles. The molecule has 0 saturated carbocycles. The van der Waals surface area contributed by atoms with Gasteiger partial charge in [-0.15, -0.1) is 0 Å². The summed E-state index contributed by atoms with van der Waals surface area (Å²) in [7, 11) is 0. The molecule has 0 amide bonds. The Morgan fingerprint density at radius 2 is 1.65 bits per heavy atom. The third-order valence-electron chi connectivity index (χ3n) is 5.96. The summed E-state index contributed by atoms with van der Waals surface area (Å²) in [6, 6.07) is 20.3. The zero-order valence-electron chi connectivity index (χ0n) is 17.6. The van der Waals surface area contributed by atoms with Gasteiger partial charge in [0.2, 0.25) is 6.79 Å². The second-order valence-corrected chi connectivity index (χ2v) is 8.21. The summed E-state index contributed by atoms with van der Waals surface area (Å²) in [5.41, 5.74) is 1.24. The van der Waals surface area contributed by atoms with Crippen molar-refractivity contribution in [1.82, 2.24) is 9.80 Å². The fourth-order valence-corrected chi connectivity index (χ4v) is 4.29. The molecule has 31 heavy (non-hydrogen) atoms. The smallest absolute Gasteiger partial charge is 0.231 e. The number of nitrogens with zero attached hydrogens (tertiary/aromatic N) is 2. The summed E-state index contributed by atoms with van der Waals surface area (Å²) in [6.45, 7) is 5.97. The molecule has 6 heteroatoms. The minimum Gasteiger partial charge on any atom is -0.490 e. The van der Waals surface area contributed by atoms with Crippen molar-refractivity contribution in [1.29, 1.82) is 0 Å². The van der Waals surface area contributed by atoms with Crippen molar-refractivity contribution < 1.29 is 19.3 Å². The number of aliphatic hydroxyl groups is 1. The average Bonchev–Trinajstić information content (AvgIpc) is 3.27. The van der Waals surface area contributed by atoms with Crippen LogP contribution in [0.15, 0.2) is 60.7 Å².